The Morgan fingerprint density at radius 1 is 1.33 bits per heavy atom. The van der Waals surface area contributed by atoms with Gasteiger partial charge in [0.1, 0.15) is 6.10 Å². The van der Waals surface area contributed by atoms with E-state index < -0.39 is 25.0 Å². The normalized spacial score (nSPS) is 12.6. The van der Waals surface area contributed by atoms with Crippen molar-refractivity contribution in [1.82, 2.24) is 5.32 Å². The molecule has 1 unspecified atom stereocenters. The van der Waals surface area contributed by atoms with Crippen LogP contribution in [0.2, 0.25) is 10.0 Å². The maximum absolute atomic E-state index is 12.0. The van der Waals surface area contributed by atoms with Gasteiger partial charge < -0.3 is 10.4 Å². The van der Waals surface area contributed by atoms with Gasteiger partial charge in [-0.1, -0.05) is 29.3 Å². The molecule has 0 saturated carbocycles. The number of rotatable bonds is 5. The molecule has 0 aliphatic rings. The molecule has 0 heterocycles. The molecule has 1 aromatic rings. The molecule has 0 saturated heterocycles. The van der Waals surface area contributed by atoms with Gasteiger partial charge in [-0.05, 0) is 17.7 Å². The van der Waals surface area contributed by atoms with Crippen LogP contribution in [0.25, 0.3) is 0 Å². The third-order valence-electron chi connectivity index (χ3n) is 2.15. The average Bonchev–Trinajstić information content (AvgIpc) is 2.30. The van der Waals surface area contributed by atoms with Gasteiger partial charge in [-0.2, -0.15) is 0 Å². The Kier molecular flexibility index (Phi) is 5.78. The Morgan fingerprint density at radius 3 is 2.56 bits per heavy atom. The first-order valence-electron chi connectivity index (χ1n) is 5.07. The van der Waals surface area contributed by atoms with E-state index in [2.05, 4.69) is 5.32 Å². The van der Waals surface area contributed by atoms with Crippen LogP contribution in [-0.4, -0.2) is 30.1 Å². The lowest BCUT2D eigenvalue weighted by atomic mass is 10.1. The second-order valence-corrected chi connectivity index (χ2v) is 4.45. The summed E-state index contributed by atoms with van der Waals surface area (Å²) in [7, 11) is 0. The van der Waals surface area contributed by atoms with Crippen LogP contribution in [0.5, 0.6) is 0 Å². The summed E-state index contributed by atoms with van der Waals surface area (Å²) >= 11 is 11.5. The van der Waals surface area contributed by atoms with Crippen molar-refractivity contribution < 1.29 is 18.7 Å². The van der Waals surface area contributed by atoms with Crippen LogP contribution in [-0.2, 0) is 11.2 Å². The van der Waals surface area contributed by atoms with Crippen molar-refractivity contribution in [2.24, 2.45) is 0 Å². The molecule has 0 aliphatic heterocycles. The summed E-state index contributed by atoms with van der Waals surface area (Å²) in [5.41, 5.74) is 0.605. The highest BCUT2D eigenvalue weighted by atomic mass is 35.5. The van der Waals surface area contributed by atoms with E-state index in [0.29, 0.717) is 15.6 Å². The largest absolute Gasteiger partial charge is 0.385 e. The molecule has 0 spiro atoms. The van der Waals surface area contributed by atoms with Gasteiger partial charge in [0, 0.05) is 6.54 Å². The zero-order valence-corrected chi connectivity index (χ0v) is 10.7. The highest BCUT2D eigenvalue weighted by Crippen LogP contribution is 2.22. The molecule has 0 fully saturated rings. The van der Waals surface area contributed by atoms with Crippen molar-refractivity contribution >= 4 is 29.1 Å². The third kappa shape index (κ3) is 4.76. The van der Waals surface area contributed by atoms with Crippen LogP contribution in [0.4, 0.5) is 8.78 Å². The van der Waals surface area contributed by atoms with Crippen LogP contribution in [0.1, 0.15) is 5.56 Å². The van der Waals surface area contributed by atoms with Gasteiger partial charge in [-0.3, -0.25) is 4.79 Å². The fourth-order valence-corrected chi connectivity index (χ4v) is 1.53. The Hall–Kier alpha value is -0.910. The molecule has 18 heavy (non-hydrogen) atoms. The van der Waals surface area contributed by atoms with Crippen LogP contribution >= 0.6 is 23.2 Å². The predicted molar refractivity (Wildman–Crippen MR) is 65.2 cm³/mol. The minimum absolute atomic E-state index is 0.0210. The van der Waals surface area contributed by atoms with Gasteiger partial charge in [-0.15, -0.1) is 0 Å². The summed E-state index contributed by atoms with van der Waals surface area (Å²) in [5.74, 6) is -0.479. The van der Waals surface area contributed by atoms with E-state index >= 15 is 0 Å². The highest BCUT2D eigenvalue weighted by Gasteiger charge is 2.17. The van der Waals surface area contributed by atoms with Gasteiger partial charge in [0.05, 0.1) is 16.5 Å². The molecule has 0 aliphatic carbocycles. The van der Waals surface area contributed by atoms with Crippen LogP contribution < -0.4 is 5.32 Å². The molecular formula is C11H11Cl2F2NO2. The maximum Gasteiger partial charge on any atom is 0.265 e. The standard InChI is InChI=1S/C11H11Cl2F2NO2/c12-7-2-1-6(3-8(7)13)4-10(18)16-5-9(17)11(14)15/h1-3,9,11,17H,4-5H2,(H,16,18). The summed E-state index contributed by atoms with van der Waals surface area (Å²) in [4.78, 5) is 11.4. The van der Waals surface area contributed by atoms with Crippen LogP contribution in [0, 0.1) is 0 Å². The van der Waals surface area contributed by atoms with E-state index in [4.69, 9.17) is 28.3 Å². The van der Waals surface area contributed by atoms with Crippen molar-refractivity contribution in [2.75, 3.05) is 6.54 Å². The third-order valence-corrected chi connectivity index (χ3v) is 2.89. The molecule has 2 N–H and O–H groups in total. The number of aliphatic hydroxyl groups is 1. The Bertz CT molecular complexity index is 430. The van der Waals surface area contributed by atoms with E-state index in [1.54, 1.807) is 12.1 Å². The lowest BCUT2D eigenvalue weighted by Gasteiger charge is -2.10. The Morgan fingerprint density at radius 2 is 2.00 bits per heavy atom. The molecule has 1 amide bonds. The number of carbonyl (C=O) groups is 1. The topological polar surface area (TPSA) is 49.3 Å². The van der Waals surface area contributed by atoms with Gasteiger partial charge in [-0.25, -0.2) is 8.78 Å². The molecule has 1 rings (SSSR count). The zero-order valence-electron chi connectivity index (χ0n) is 9.17. The summed E-state index contributed by atoms with van der Waals surface area (Å²) in [6.07, 6.45) is -4.76. The minimum atomic E-state index is -2.88. The minimum Gasteiger partial charge on any atom is -0.385 e. The SMILES string of the molecule is O=C(Cc1ccc(Cl)c(Cl)c1)NCC(O)C(F)F. The molecule has 0 radical (unpaired) electrons. The maximum atomic E-state index is 12.0. The van der Waals surface area contributed by atoms with Crippen LogP contribution in [0.15, 0.2) is 18.2 Å². The number of hydrogen-bond donors (Lipinski definition) is 2. The molecule has 3 nitrogen and oxygen atoms in total. The number of nitrogens with one attached hydrogen (secondary N) is 1. The quantitative estimate of drug-likeness (QED) is 0.876. The molecule has 1 atom stereocenters. The van der Waals surface area contributed by atoms with Gasteiger partial charge >= 0.3 is 0 Å². The van der Waals surface area contributed by atoms with E-state index in [9.17, 15) is 13.6 Å². The Labute approximate surface area is 113 Å². The zero-order chi connectivity index (χ0) is 13.7. The fourth-order valence-electron chi connectivity index (χ4n) is 1.20. The first-order chi connectivity index (χ1) is 8.40. The van der Waals surface area contributed by atoms with Crippen LogP contribution in [0.3, 0.4) is 0 Å². The number of amides is 1. The number of hydrogen-bond acceptors (Lipinski definition) is 2. The second-order valence-electron chi connectivity index (χ2n) is 3.63. The van der Waals surface area contributed by atoms with E-state index in [0.717, 1.165) is 0 Å². The molecule has 1 aromatic carbocycles. The lowest BCUT2D eigenvalue weighted by Crippen LogP contribution is -2.36. The van der Waals surface area contributed by atoms with Crippen molar-refractivity contribution in [3.05, 3.63) is 33.8 Å². The lowest BCUT2D eigenvalue weighted by molar-refractivity contribution is -0.121. The van der Waals surface area contributed by atoms with Gasteiger partial charge in [0.25, 0.3) is 6.43 Å². The summed E-state index contributed by atoms with van der Waals surface area (Å²) in [5, 5.41) is 11.7. The van der Waals surface area contributed by atoms with Gasteiger partial charge in [0.15, 0.2) is 0 Å². The van der Waals surface area contributed by atoms with Crippen molar-refractivity contribution in [2.45, 2.75) is 19.0 Å². The summed E-state index contributed by atoms with van der Waals surface area (Å²) in [6.45, 7) is -0.488. The van der Waals surface area contributed by atoms with E-state index in [1.165, 1.54) is 6.07 Å². The summed E-state index contributed by atoms with van der Waals surface area (Å²) in [6, 6.07) is 4.67. The number of aliphatic hydroxyl groups excluding tert-OH is 1. The number of halogens is 4. The molecule has 0 bridgehead atoms. The highest BCUT2D eigenvalue weighted by molar-refractivity contribution is 6.42. The van der Waals surface area contributed by atoms with Crippen molar-refractivity contribution in [3.8, 4) is 0 Å². The van der Waals surface area contributed by atoms with Crippen molar-refractivity contribution in [1.29, 1.82) is 0 Å². The van der Waals surface area contributed by atoms with E-state index in [-0.39, 0.29) is 6.42 Å². The average molecular weight is 298 g/mol. The molecular weight excluding hydrogens is 287 g/mol. The van der Waals surface area contributed by atoms with E-state index in [1.807, 2.05) is 0 Å². The molecule has 0 aromatic heterocycles. The number of benzene rings is 1. The van der Waals surface area contributed by atoms with Gasteiger partial charge in [0.2, 0.25) is 5.91 Å². The Balaban J connectivity index is 2.47. The number of carbonyl (C=O) groups excluding carboxylic acids is 1. The summed E-state index contributed by atoms with van der Waals surface area (Å²) < 4.78 is 23.9. The number of alkyl halides is 2. The monoisotopic (exact) mass is 297 g/mol. The second kappa shape index (κ2) is 6.87. The predicted octanol–water partition coefficient (Wildman–Crippen LogP) is 2.28. The fraction of sp³-hybridized carbons (Fsp3) is 0.364. The van der Waals surface area contributed by atoms with Crippen molar-refractivity contribution in [3.63, 3.8) is 0 Å². The smallest absolute Gasteiger partial charge is 0.265 e. The first-order valence-corrected chi connectivity index (χ1v) is 5.82. The molecule has 100 valence electrons. The molecule has 7 heteroatoms. The first kappa shape index (κ1) is 15.1.